The van der Waals surface area contributed by atoms with Crippen LogP contribution in [0.5, 0.6) is 0 Å². The zero-order valence-corrected chi connectivity index (χ0v) is 18.8. The van der Waals surface area contributed by atoms with Crippen LogP contribution < -0.4 is 10.2 Å². The lowest BCUT2D eigenvalue weighted by atomic mass is 10.1. The molecule has 2 aromatic heterocycles. The van der Waals surface area contributed by atoms with Gasteiger partial charge in [0.05, 0.1) is 5.52 Å². The lowest BCUT2D eigenvalue weighted by Gasteiger charge is -2.18. The monoisotopic (exact) mass is 444 g/mol. The van der Waals surface area contributed by atoms with Crippen molar-refractivity contribution in [3.8, 4) is 0 Å². The number of carbonyl (C=O) groups is 1. The van der Waals surface area contributed by atoms with E-state index in [4.69, 9.17) is 0 Å². The van der Waals surface area contributed by atoms with Gasteiger partial charge in [-0.3, -0.25) is 14.8 Å². The molecule has 0 atom stereocenters. The van der Waals surface area contributed by atoms with E-state index in [9.17, 15) is 4.79 Å². The van der Waals surface area contributed by atoms with Crippen LogP contribution in [-0.2, 0) is 6.42 Å². The molecule has 1 amide bonds. The molecule has 34 heavy (non-hydrogen) atoms. The summed E-state index contributed by atoms with van der Waals surface area (Å²) in [5.41, 5.74) is 6.72. The highest BCUT2D eigenvalue weighted by molar-refractivity contribution is 6.06. The summed E-state index contributed by atoms with van der Waals surface area (Å²) in [6, 6.07) is 29.6. The number of nitrogens with zero attached hydrogens (tertiary/aromatic N) is 3. The predicted octanol–water partition coefficient (Wildman–Crippen LogP) is 6.24. The van der Waals surface area contributed by atoms with Crippen molar-refractivity contribution in [3.63, 3.8) is 0 Å². The Bertz CT molecular complexity index is 1410. The van der Waals surface area contributed by atoms with Gasteiger partial charge in [-0.25, -0.2) is 0 Å². The third-order valence-corrected chi connectivity index (χ3v) is 5.85. The molecular weight excluding hydrogens is 420 g/mol. The Morgan fingerprint density at radius 3 is 2.26 bits per heavy atom. The molecule has 0 unspecified atom stereocenters. The number of aromatic nitrogens is 2. The van der Waals surface area contributed by atoms with Crippen LogP contribution in [0.1, 0.15) is 21.5 Å². The maximum absolute atomic E-state index is 13.1. The van der Waals surface area contributed by atoms with Gasteiger partial charge in [0.15, 0.2) is 0 Å². The molecule has 5 nitrogen and oxygen atoms in total. The molecular formula is C29H24N4O. The quantitative estimate of drug-likeness (QED) is 0.337. The highest BCUT2D eigenvalue weighted by Gasteiger charge is 2.14. The number of para-hydroxylation sites is 1. The third kappa shape index (κ3) is 4.64. The normalized spacial score (nSPS) is 10.7. The van der Waals surface area contributed by atoms with Gasteiger partial charge >= 0.3 is 0 Å². The second-order valence-corrected chi connectivity index (χ2v) is 8.14. The van der Waals surface area contributed by atoms with Crippen molar-refractivity contribution in [1.29, 1.82) is 0 Å². The summed E-state index contributed by atoms with van der Waals surface area (Å²) in [7, 11) is 1.80. The Hall–Kier alpha value is -4.51. The van der Waals surface area contributed by atoms with Crippen LogP contribution in [0.2, 0.25) is 0 Å². The highest BCUT2D eigenvalue weighted by Crippen LogP contribution is 2.25. The number of hydrogen-bond acceptors (Lipinski definition) is 4. The minimum Gasteiger partial charge on any atom is -0.355 e. The number of pyridine rings is 2. The number of fused-ring (bicyclic) bond motifs is 1. The standard InChI is InChI=1S/C29H24N4O/c1-33(25-12-6-21(7-13-25)20-22-14-17-30-18-15-22)29(34)23-8-10-24(11-9-23)32-28-16-19-31-27-5-3-2-4-26(27)28/h2-19H,20H2,1H3,(H,31,32). The van der Waals surface area contributed by atoms with Gasteiger partial charge in [0.2, 0.25) is 0 Å². The van der Waals surface area contributed by atoms with Gasteiger partial charge in [-0.2, -0.15) is 0 Å². The fourth-order valence-electron chi connectivity index (χ4n) is 3.94. The minimum atomic E-state index is -0.0530. The molecule has 5 heteroatoms. The van der Waals surface area contributed by atoms with Crippen LogP contribution in [0.4, 0.5) is 17.1 Å². The molecule has 5 aromatic rings. The first-order chi connectivity index (χ1) is 16.7. The number of nitrogens with one attached hydrogen (secondary N) is 1. The molecule has 1 N–H and O–H groups in total. The average molecular weight is 445 g/mol. The van der Waals surface area contributed by atoms with E-state index >= 15 is 0 Å². The van der Waals surface area contributed by atoms with Gasteiger partial charge in [0.25, 0.3) is 5.91 Å². The van der Waals surface area contributed by atoms with Crippen LogP contribution >= 0.6 is 0 Å². The smallest absolute Gasteiger partial charge is 0.258 e. The number of benzene rings is 3. The van der Waals surface area contributed by atoms with Crippen molar-refractivity contribution < 1.29 is 4.79 Å². The largest absolute Gasteiger partial charge is 0.355 e. The SMILES string of the molecule is CN(C(=O)c1ccc(Nc2ccnc3ccccc23)cc1)c1ccc(Cc2ccncc2)cc1. The van der Waals surface area contributed by atoms with E-state index in [1.54, 1.807) is 30.5 Å². The Kier molecular flexibility index (Phi) is 5.99. The molecule has 0 bridgehead atoms. The number of rotatable bonds is 6. The summed E-state index contributed by atoms with van der Waals surface area (Å²) < 4.78 is 0. The molecule has 2 heterocycles. The van der Waals surface area contributed by atoms with E-state index in [0.29, 0.717) is 5.56 Å². The molecule has 0 aliphatic heterocycles. The Labute approximate surface area is 198 Å². The first-order valence-electron chi connectivity index (χ1n) is 11.1. The van der Waals surface area contributed by atoms with Crippen LogP contribution in [-0.4, -0.2) is 22.9 Å². The summed E-state index contributed by atoms with van der Waals surface area (Å²) in [6.07, 6.45) is 6.23. The van der Waals surface area contributed by atoms with Crippen LogP contribution in [0.25, 0.3) is 10.9 Å². The Morgan fingerprint density at radius 2 is 1.50 bits per heavy atom. The van der Waals surface area contributed by atoms with Crippen LogP contribution in [0, 0.1) is 0 Å². The van der Waals surface area contributed by atoms with Crippen molar-refractivity contribution in [2.45, 2.75) is 6.42 Å². The van der Waals surface area contributed by atoms with Crippen molar-refractivity contribution in [3.05, 3.63) is 126 Å². The van der Waals surface area contributed by atoms with E-state index in [2.05, 4.69) is 27.4 Å². The van der Waals surface area contributed by atoms with Gasteiger partial charge in [-0.15, -0.1) is 0 Å². The molecule has 0 saturated carbocycles. The molecule has 0 aliphatic carbocycles. The van der Waals surface area contributed by atoms with Gasteiger partial charge in [0, 0.05) is 53.7 Å². The summed E-state index contributed by atoms with van der Waals surface area (Å²) in [5.74, 6) is -0.0530. The van der Waals surface area contributed by atoms with Crippen molar-refractivity contribution in [2.75, 3.05) is 17.3 Å². The number of anilines is 3. The second-order valence-electron chi connectivity index (χ2n) is 8.14. The van der Waals surface area contributed by atoms with E-state index in [1.807, 2.05) is 78.9 Å². The van der Waals surface area contributed by atoms with E-state index in [-0.39, 0.29) is 5.91 Å². The maximum Gasteiger partial charge on any atom is 0.258 e. The first-order valence-corrected chi connectivity index (χ1v) is 11.1. The van der Waals surface area contributed by atoms with Gasteiger partial charge in [0.1, 0.15) is 0 Å². The fraction of sp³-hybridized carbons (Fsp3) is 0.0690. The second kappa shape index (κ2) is 9.55. The van der Waals surface area contributed by atoms with Gasteiger partial charge in [-0.05, 0) is 78.2 Å². The van der Waals surface area contributed by atoms with E-state index < -0.39 is 0 Å². The van der Waals surface area contributed by atoms with Gasteiger partial charge < -0.3 is 10.2 Å². The molecule has 0 aliphatic rings. The fourth-order valence-corrected chi connectivity index (χ4v) is 3.94. The topological polar surface area (TPSA) is 58.1 Å². The van der Waals surface area contributed by atoms with E-state index in [0.717, 1.165) is 34.4 Å². The van der Waals surface area contributed by atoms with Crippen molar-refractivity contribution >= 4 is 33.9 Å². The molecule has 0 saturated heterocycles. The highest BCUT2D eigenvalue weighted by atomic mass is 16.2. The summed E-state index contributed by atoms with van der Waals surface area (Å²) >= 11 is 0. The number of carbonyl (C=O) groups excluding carboxylic acids is 1. The first kappa shape index (κ1) is 21.3. The molecule has 3 aromatic carbocycles. The minimum absolute atomic E-state index is 0.0530. The average Bonchev–Trinajstić information content (AvgIpc) is 2.90. The third-order valence-electron chi connectivity index (χ3n) is 5.85. The molecule has 0 radical (unpaired) electrons. The maximum atomic E-state index is 13.1. The summed E-state index contributed by atoms with van der Waals surface area (Å²) in [4.78, 5) is 23.2. The van der Waals surface area contributed by atoms with Crippen molar-refractivity contribution in [1.82, 2.24) is 9.97 Å². The van der Waals surface area contributed by atoms with E-state index in [1.165, 1.54) is 11.1 Å². The Balaban J connectivity index is 1.27. The zero-order chi connectivity index (χ0) is 23.3. The lowest BCUT2D eigenvalue weighted by Crippen LogP contribution is -2.26. The van der Waals surface area contributed by atoms with Gasteiger partial charge in [-0.1, -0.05) is 30.3 Å². The molecule has 0 spiro atoms. The lowest BCUT2D eigenvalue weighted by molar-refractivity contribution is 0.0993. The van der Waals surface area contributed by atoms with Crippen molar-refractivity contribution in [2.24, 2.45) is 0 Å². The van der Waals surface area contributed by atoms with Crippen LogP contribution in [0.3, 0.4) is 0 Å². The molecule has 166 valence electrons. The zero-order valence-electron chi connectivity index (χ0n) is 18.8. The number of hydrogen-bond donors (Lipinski definition) is 1. The summed E-state index contributed by atoms with van der Waals surface area (Å²) in [5, 5.41) is 4.48. The molecule has 5 rings (SSSR count). The van der Waals surface area contributed by atoms with Crippen LogP contribution in [0.15, 0.2) is 110 Å². The summed E-state index contributed by atoms with van der Waals surface area (Å²) in [6.45, 7) is 0. The predicted molar refractivity (Wildman–Crippen MR) is 138 cm³/mol. The number of amides is 1. The molecule has 0 fully saturated rings. The Morgan fingerprint density at radius 1 is 0.794 bits per heavy atom.